The Balaban J connectivity index is 3.37. The van der Waals surface area contributed by atoms with Crippen molar-refractivity contribution in [1.29, 1.82) is 0 Å². The van der Waals surface area contributed by atoms with Gasteiger partial charge in [-0.2, -0.15) is 0 Å². The van der Waals surface area contributed by atoms with Crippen LogP contribution in [0.15, 0.2) is 0 Å². The van der Waals surface area contributed by atoms with Gasteiger partial charge in [-0.1, -0.05) is 48.0 Å². The lowest BCUT2D eigenvalue weighted by atomic mass is 9.95. The van der Waals surface area contributed by atoms with Gasteiger partial charge in [-0.05, 0) is 98.3 Å². The average Bonchev–Trinajstić information content (AvgIpc) is 3.23. The van der Waals surface area contributed by atoms with Crippen LogP contribution in [0.1, 0.15) is 154 Å². The monoisotopic (exact) mass is 966 g/mol. The molecule has 1 aliphatic rings. The molecule has 1 rings (SSSR count). The highest BCUT2D eigenvalue weighted by Gasteiger charge is 2.40. The lowest BCUT2D eigenvalue weighted by molar-refractivity contribution is -0.156. The van der Waals surface area contributed by atoms with Gasteiger partial charge in [0.05, 0.1) is 12.6 Å². The summed E-state index contributed by atoms with van der Waals surface area (Å²) >= 11 is 0. The molecular formula is C47H79N7O14. The Morgan fingerprint density at radius 2 is 1.12 bits per heavy atom. The molecule has 1 saturated heterocycles. The largest absolute Gasteiger partial charge is 0.464 e. The second-order valence-electron chi connectivity index (χ2n) is 19.7. The molecule has 21 nitrogen and oxygen atoms in total. The fourth-order valence-electron chi connectivity index (χ4n) is 7.05. The van der Waals surface area contributed by atoms with Crippen molar-refractivity contribution in [1.82, 2.24) is 36.8 Å². The standard InChI is InChI=1S/C47H79N7O14/c1-14-18-30(39(59)44(64)48-26-36(58)66-25-15-2)50-42(62)33-19-16-17-24-54(33)45(65)38(28(5)6)53-43(63)37(27(3)4)52-41(61)32(21-23-35(57)68-47(11,12)13)51-40(60)31(49-29(7)55)20-22-34(56)67-46(8,9)10/h27-28,30-33,37-38H,14-26H2,1-13H3,(H,48,64)(H,49,55)(H,50,62)(H,51,60)(H,52,61)(H,53,63). The average molecular weight is 966 g/mol. The molecule has 0 aromatic carbocycles. The fraction of sp³-hybridized carbons (Fsp3) is 0.766. The number of likely N-dealkylation sites (tertiary alicyclic amines) is 1. The SMILES string of the molecule is CCCOC(=O)CNC(=O)C(=O)C(CCC)NC(=O)C1CCCCN1C(=O)C(NC(=O)C(NC(=O)C(CCC(=O)OC(C)(C)C)NC(=O)C(CCC(=O)OC(C)(C)C)NC(C)=O)C(C)C)C(C)C. The maximum Gasteiger partial charge on any atom is 0.325 e. The van der Waals surface area contributed by atoms with Crippen LogP contribution in [-0.2, 0) is 67.0 Å². The van der Waals surface area contributed by atoms with Crippen molar-refractivity contribution >= 4 is 65.0 Å². The number of hydrogen-bond acceptors (Lipinski definition) is 14. The van der Waals surface area contributed by atoms with Crippen molar-refractivity contribution in [2.75, 3.05) is 19.7 Å². The molecule has 1 aliphatic heterocycles. The summed E-state index contributed by atoms with van der Waals surface area (Å²) in [6.45, 7) is 21.2. The third kappa shape index (κ3) is 22.4. The molecule has 1 fully saturated rings. The van der Waals surface area contributed by atoms with Gasteiger partial charge in [0.15, 0.2) is 0 Å². The van der Waals surface area contributed by atoms with E-state index in [1.807, 2.05) is 0 Å². The Hall–Kier alpha value is -5.63. The van der Waals surface area contributed by atoms with Gasteiger partial charge in [0.1, 0.15) is 48.0 Å². The number of esters is 3. The Bertz CT molecular complexity index is 1790. The number of nitrogens with one attached hydrogen (secondary N) is 6. The smallest absolute Gasteiger partial charge is 0.325 e. The van der Waals surface area contributed by atoms with Crippen LogP contribution < -0.4 is 31.9 Å². The third-order valence-electron chi connectivity index (χ3n) is 10.3. The summed E-state index contributed by atoms with van der Waals surface area (Å²) in [6.07, 6.45) is 1.35. The van der Waals surface area contributed by atoms with Crippen LogP contribution in [0.25, 0.3) is 0 Å². The van der Waals surface area contributed by atoms with E-state index in [1.165, 1.54) is 11.8 Å². The second-order valence-corrected chi connectivity index (χ2v) is 19.7. The van der Waals surface area contributed by atoms with Crippen molar-refractivity contribution < 1.29 is 67.0 Å². The van der Waals surface area contributed by atoms with E-state index in [4.69, 9.17) is 14.2 Å². The highest BCUT2D eigenvalue weighted by atomic mass is 16.6. The number of ether oxygens (including phenoxy) is 3. The van der Waals surface area contributed by atoms with Crippen molar-refractivity contribution in [2.24, 2.45) is 11.8 Å². The normalized spacial score (nSPS) is 16.2. The van der Waals surface area contributed by atoms with Gasteiger partial charge in [0.25, 0.3) is 5.91 Å². The van der Waals surface area contributed by atoms with Gasteiger partial charge in [-0.15, -0.1) is 0 Å². The fourth-order valence-corrected chi connectivity index (χ4v) is 7.05. The zero-order chi connectivity index (χ0) is 52.1. The number of nitrogens with zero attached hydrogens (tertiary/aromatic N) is 1. The van der Waals surface area contributed by atoms with Gasteiger partial charge >= 0.3 is 17.9 Å². The molecule has 0 aromatic heterocycles. The number of amides is 7. The molecule has 0 saturated carbocycles. The highest BCUT2D eigenvalue weighted by Crippen LogP contribution is 2.21. The van der Waals surface area contributed by atoms with Gasteiger partial charge in [-0.3, -0.25) is 52.7 Å². The molecule has 0 aromatic rings. The van der Waals surface area contributed by atoms with Crippen molar-refractivity contribution in [3.8, 4) is 0 Å². The first-order chi connectivity index (χ1) is 31.5. The van der Waals surface area contributed by atoms with E-state index < -0.39 is 131 Å². The molecule has 0 spiro atoms. The molecule has 0 bridgehead atoms. The summed E-state index contributed by atoms with van der Waals surface area (Å²) in [4.78, 5) is 147. The van der Waals surface area contributed by atoms with Crippen LogP contribution >= 0.6 is 0 Å². The maximum absolute atomic E-state index is 14.4. The van der Waals surface area contributed by atoms with Crippen LogP contribution in [0, 0.1) is 11.8 Å². The predicted molar refractivity (Wildman–Crippen MR) is 249 cm³/mol. The second kappa shape index (κ2) is 28.6. The minimum atomic E-state index is -1.45. The number of Topliss-reactive ketones (excluding diaryl/α,β-unsaturated/α-hetero) is 1. The number of piperidine rings is 1. The quantitative estimate of drug-likeness (QED) is 0.0410. The van der Waals surface area contributed by atoms with Crippen molar-refractivity contribution in [2.45, 2.75) is 202 Å². The van der Waals surface area contributed by atoms with Crippen LogP contribution in [0.5, 0.6) is 0 Å². The number of hydrogen-bond donors (Lipinski definition) is 6. The Kier molecular flexibility index (Phi) is 25.4. The molecule has 21 heteroatoms. The summed E-state index contributed by atoms with van der Waals surface area (Å²) in [5.41, 5.74) is -1.67. The molecule has 386 valence electrons. The van der Waals surface area contributed by atoms with E-state index in [9.17, 15) is 52.7 Å². The van der Waals surface area contributed by atoms with E-state index >= 15 is 0 Å². The van der Waals surface area contributed by atoms with Crippen molar-refractivity contribution in [3.63, 3.8) is 0 Å². The zero-order valence-corrected chi connectivity index (χ0v) is 42.5. The molecule has 7 amide bonds. The first kappa shape index (κ1) is 60.4. The molecule has 68 heavy (non-hydrogen) atoms. The van der Waals surface area contributed by atoms with Gasteiger partial charge in [-0.25, -0.2) is 0 Å². The Morgan fingerprint density at radius 3 is 1.60 bits per heavy atom. The summed E-state index contributed by atoms with van der Waals surface area (Å²) in [7, 11) is 0. The third-order valence-corrected chi connectivity index (χ3v) is 10.3. The zero-order valence-electron chi connectivity index (χ0n) is 42.5. The number of rotatable bonds is 26. The van der Waals surface area contributed by atoms with Crippen LogP contribution in [0.2, 0.25) is 0 Å². The first-order valence-electron chi connectivity index (χ1n) is 23.7. The van der Waals surface area contributed by atoms with E-state index in [0.717, 1.165) is 0 Å². The summed E-state index contributed by atoms with van der Waals surface area (Å²) in [5, 5.41) is 15.3. The predicted octanol–water partition coefficient (Wildman–Crippen LogP) is 1.81. The molecule has 6 unspecified atom stereocenters. The lowest BCUT2D eigenvalue weighted by Gasteiger charge is -2.38. The Labute approximate surface area is 401 Å². The van der Waals surface area contributed by atoms with Gasteiger partial charge in [0, 0.05) is 26.3 Å². The molecule has 0 radical (unpaired) electrons. The summed E-state index contributed by atoms with van der Waals surface area (Å²) in [6, 6.07) is -7.55. The van der Waals surface area contributed by atoms with Gasteiger partial charge in [0.2, 0.25) is 41.2 Å². The molecule has 0 aliphatic carbocycles. The molecule has 1 heterocycles. The van der Waals surface area contributed by atoms with E-state index in [1.54, 1.807) is 83.1 Å². The number of carbonyl (C=O) groups is 11. The maximum atomic E-state index is 14.4. The Morgan fingerprint density at radius 1 is 0.603 bits per heavy atom. The number of ketones is 1. The van der Waals surface area contributed by atoms with Crippen LogP contribution in [0.3, 0.4) is 0 Å². The van der Waals surface area contributed by atoms with Crippen LogP contribution in [0.4, 0.5) is 0 Å². The van der Waals surface area contributed by atoms with Crippen molar-refractivity contribution in [3.05, 3.63) is 0 Å². The first-order valence-corrected chi connectivity index (χ1v) is 23.7. The van der Waals surface area contributed by atoms with E-state index in [0.29, 0.717) is 25.7 Å². The minimum Gasteiger partial charge on any atom is -0.464 e. The lowest BCUT2D eigenvalue weighted by Crippen LogP contribution is -2.62. The molecule has 6 N–H and O–H groups in total. The van der Waals surface area contributed by atoms with E-state index in [-0.39, 0.29) is 51.7 Å². The van der Waals surface area contributed by atoms with E-state index in [2.05, 4.69) is 31.9 Å². The number of carbonyl (C=O) groups excluding carboxylic acids is 11. The highest BCUT2D eigenvalue weighted by molar-refractivity contribution is 6.38. The summed E-state index contributed by atoms with van der Waals surface area (Å²) < 4.78 is 15.7. The van der Waals surface area contributed by atoms with Gasteiger partial charge < -0.3 is 51.0 Å². The molecular weight excluding hydrogens is 887 g/mol. The summed E-state index contributed by atoms with van der Waals surface area (Å²) in [5.74, 6) is -9.53. The molecule has 6 atom stereocenters. The topological polar surface area (TPSA) is 291 Å². The van der Waals surface area contributed by atoms with Crippen LogP contribution in [-0.4, -0.2) is 137 Å². The minimum absolute atomic E-state index is 0.0987.